The number of imidazole rings is 1. The van der Waals surface area contributed by atoms with Crippen molar-refractivity contribution < 1.29 is 66.2 Å². The number of phosphoric acid groups is 3. The Morgan fingerprint density at radius 3 is 2.27 bits per heavy atom. The third kappa shape index (κ3) is 11.7. The fourth-order valence-corrected chi connectivity index (χ4v) is 7.57. The molecule has 1 saturated heterocycles. The molecule has 45 heavy (non-hydrogen) atoms. The summed E-state index contributed by atoms with van der Waals surface area (Å²) < 4.78 is 53.8. The number of carbonyl (C=O) groups is 1. The molecule has 0 bridgehead atoms. The highest BCUT2D eigenvalue weighted by molar-refractivity contribution is 14.1. The van der Waals surface area contributed by atoms with Crippen molar-refractivity contribution in [2.24, 2.45) is 0 Å². The molecule has 0 saturated carbocycles. The quantitative estimate of drug-likeness (QED) is 0.0407. The van der Waals surface area contributed by atoms with Gasteiger partial charge in [0.1, 0.15) is 24.6 Å². The van der Waals surface area contributed by atoms with Crippen LogP contribution < -0.4 is 16.4 Å². The van der Waals surface area contributed by atoms with Crippen LogP contribution in [-0.4, -0.2) is 97.6 Å². The average molecular weight is 817 g/mol. The Balaban J connectivity index is 1.61. The van der Waals surface area contributed by atoms with Crippen molar-refractivity contribution in [2.45, 2.75) is 63.1 Å². The number of aliphatic hydroxyl groups is 2. The number of phosphoric ester groups is 1. The number of rotatable bonds is 19. The normalized spacial score (nSPS) is 23.1. The summed E-state index contributed by atoms with van der Waals surface area (Å²) in [5.74, 6) is 0.200. The van der Waals surface area contributed by atoms with E-state index in [1.807, 2.05) is 22.6 Å². The third-order valence-corrected chi connectivity index (χ3v) is 10.7. The van der Waals surface area contributed by atoms with E-state index in [4.69, 9.17) is 20.3 Å². The molecule has 6 atom stereocenters. The molecule has 0 aromatic carbocycles. The van der Waals surface area contributed by atoms with Crippen LogP contribution in [0.1, 0.15) is 44.8 Å². The van der Waals surface area contributed by atoms with Gasteiger partial charge in [-0.1, -0.05) is 48.3 Å². The molecule has 25 heteroatoms. The van der Waals surface area contributed by atoms with Gasteiger partial charge in [0, 0.05) is 13.1 Å². The summed E-state index contributed by atoms with van der Waals surface area (Å²) in [5, 5.41) is 27.4. The van der Waals surface area contributed by atoms with Crippen LogP contribution in [0.3, 0.4) is 0 Å². The van der Waals surface area contributed by atoms with Crippen LogP contribution in [0, 0.1) is 0 Å². The number of nitrogens with one attached hydrogen (secondary N) is 2. The van der Waals surface area contributed by atoms with E-state index in [1.54, 1.807) is 0 Å². The number of amides is 1. The molecule has 21 nitrogen and oxygen atoms in total. The van der Waals surface area contributed by atoms with Gasteiger partial charge in [0.05, 0.1) is 11.0 Å². The number of nitrogen functional groups attached to an aromatic ring is 1. The molecule has 1 aliphatic heterocycles. The van der Waals surface area contributed by atoms with Gasteiger partial charge >= 0.3 is 23.5 Å². The number of aromatic nitrogens is 4. The van der Waals surface area contributed by atoms with Gasteiger partial charge < -0.3 is 50.9 Å². The number of unbranched alkanes of at least 4 members (excludes halogenated alkanes) is 5. The van der Waals surface area contributed by atoms with Crippen molar-refractivity contribution in [3.05, 3.63) is 6.33 Å². The monoisotopic (exact) mass is 817 g/mol. The number of hydrogen-bond acceptors (Lipinski definition) is 15. The predicted octanol–water partition coefficient (Wildman–Crippen LogP) is 0.675. The summed E-state index contributed by atoms with van der Waals surface area (Å²) in [6.07, 6.45) is 0.300. The van der Waals surface area contributed by atoms with Gasteiger partial charge in [-0.25, -0.2) is 28.6 Å². The molecule has 0 spiro atoms. The van der Waals surface area contributed by atoms with Crippen LogP contribution in [0.2, 0.25) is 0 Å². The average Bonchev–Trinajstić information content (AvgIpc) is 3.43. The zero-order chi connectivity index (χ0) is 33.4. The van der Waals surface area contributed by atoms with Gasteiger partial charge in [0.25, 0.3) is 0 Å². The van der Waals surface area contributed by atoms with Gasteiger partial charge in [-0.05, 0) is 12.8 Å². The molecule has 2 aromatic rings. The third-order valence-electron chi connectivity index (χ3n) is 6.25. The highest BCUT2D eigenvalue weighted by Gasteiger charge is 2.47. The highest BCUT2D eigenvalue weighted by atomic mass is 127. The van der Waals surface area contributed by atoms with Crippen LogP contribution in [0.25, 0.3) is 11.2 Å². The van der Waals surface area contributed by atoms with E-state index in [0.717, 1.165) is 44.9 Å². The van der Waals surface area contributed by atoms with Crippen LogP contribution in [-0.2, 0) is 36.4 Å². The van der Waals surface area contributed by atoms with E-state index < -0.39 is 54.6 Å². The Morgan fingerprint density at radius 2 is 1.62 bits per heavy atom. The summed E-state index contributed by atoms with van der Waals surface area (Å²) in [7, 11) is -16.9. The predicted molar refractivity (Wildman–Crippen MR) is 164 cm³/mol. The Morgan fingerprint density at radius 1 is 0.978 bits per heavy atom. The number of hydrogen-bond donors (Lipinski definition) is 9. The first-order valence-corrected chi connectivity index (χ1v) is 19.4. The van der Waals surface area contributed by atoms with Crippen LogP contribution in [0.5, 0.6) is 0 Å². The van der Waals surface area contributed by atoms with Crippen LogP contribution >= 0.6 is 46.1 Å². The second-order valence-electron chi connectivity index (χ2n) is 9.70. The molecule has 0 aliphatic carbocycles. The Bertz CT molecular complexity index is 1450. The molecule has 3 heterocycles. The summed E-state index contributed by atoms with van der Waals surface area (Å²) in [6.45, 7) is 0.105. The fourth-order valence-electron chi connectivity index (χ4n) is 4.28. The molecule has 10 N–H and O–H groups in total. The maximum atomic E-state index is 12.1. The lowest BCUT2D eigenvalue weighted by Gasteiger charge is -2.20. The lowest BCUT2D eigenvalue weighted by molar-refractivity contribution is -0.118. The van der Waals surface area contributed by atoms with Gasteiger partial charge in [-0.15, -0.1) is 0 Å². The topological polar surface area (TPSA) is 320 Å². The van der Waals surface area contributed by atoms with Crippen molar-refractivity contribution in [1.29, 1.82) is 0 Å². The minimum absolute atomic E-state index is 0.0177. The lowest BCUT2D eigenvalue weighted by atomic mass is 10.1. The second-order valence-corrected chi connectivity index (χ2v) is 14.9. The van der Waals surface area contributed by atoms with Crippen LogP contribution in [0.4, 0.5) is 11.8 Å². The van der Waals surface area contributed by atoms with Crippen molar-refractivity contribution in [2.75, 3.05) is 35.2 Å². The highest BCUT2D eigenvalue weighted by Crippen LogP contribution is 2.66. The molecule has 2 aromatic heterocycles. The summed E-state index contributed by atoms with van der Waals surface area (Å²) >= 11 is 2.01. The number of nitrogens with two attached hydrogens (primary N) is 1. The van der Waals surface area contributed by atoms with E-state index in [2.05, 4.69) is 38.7 Å². The number of fused-ring (bicyclic) bond motifs is 1. The summed E-state index contributed by atoms with van der Waals surface area (Å²) in [6, 6.07) is 0. The number of ether oxygens (including phenoxy) is 1. The van der Waals surface area contributed by atoms with Gasteiger partial charge in [-0.2, -0.15) is 8.62 Å². The lowest BCUT2D eigenvalue weighted by Crippen LogP contribution is -2.33. The number of alkyl halides is 1. The van der Waals surface area contributed by atoms with Crippen molar-refractivity contribution >= 4 is 74.9 Å². The maximum absolute atomic E-state index is 12.1. The van der Waals surface area contributed by atoms with E-state index in [9.17, 15) is 38.5 Å². The Kier molecular flexibility index (Phi) is 14.1. The first-order valence-electron chi connectivity index (χ1n) is 13.4. The number of carbonyl (C=O) groups excluding carboxylic acids is 1. The SMILES string of the molecule is Nc1ncnc2c1nc(NCCCCCCCCNC(=O)CI)n2C1OC(COP(=O)(O)OP(=O)(O)OP(=O)(O)O)C(O)C1O. The minimum atomic E-state index is -5.76. The molecular weight excluding hydrogens is 782 g/mol. The second kappa shape index (κ2) is 16.6. The Labute approximate surface area is 269 Å². The van der Waals surface area contributed by atoms with Crippen molar-refractivity contribution in [3.8, 4) is 0 Å². The number of nitrogens with zero attached hydrogens (tertiary/aromatic N) is 4. The first kappa shape index (κ1) is 38.1. The van der Waals surface area contributed by atoms with Gasteiger partial charge in [-0.3, -0.25) is 13.9 Å². The number of aliphatic hydroxyl groups excluding tert-OH is 2. The van der Waals surface area contributed by atoms with Crippen molar-refractivity contribution in [3.63, 3.8) is 0 Å². The largest absolute Gasteiger partial charge is 0.490 e. The number of anilines is 2. The Hall–Kier alpha value is -1.36. The number of halogens is 1. The first-order chi connectivity index (χ1) is 21.0. The van der Waals surface area contributed by atoms with Gasteiger partial charge in [0.2, 0.25) is 11.9 Å². The minimum Gasteiger partial charge on any atom is -0.387 e. The fraction of sp³-hybridized carbons (Fsp3) is 0.700. The molecule has 6 unspecified atom stereocenters. The zero-order valence-electron chi connectivity index (χ0n) is 23.5. The van der Waals surface area contributed by atoms with E-state index in [1.165, 1.54) is 4.57 Å². The van der Waals surface area contributed by atoms with E-state index in [-0.39, 0.29) is 28.8 Å². The molecule has 3 rings (SSSR count). The van der Waals surface area contributed by atoms with E-state index >= 15 is 0 Å². The summed E-state index contributed by atoms with van der Waals surface area (Å²) in [4.78, 5) is 60.1. The molecule has 1 aliphatic rings. The molecule has 1 amide bonds. The molecule has 0 radical (unpaired) electrons. The summed E-state index contributed by atoms with van der Waals surface area (Å²) in [5.41, 5.74) is 6.25. The zero-order valence-corrected chi connectivity index (χ0v) is 28.3. The molecule has 256 valence electrons. The van der Waals surface area contributed by atoms with Crippen molar-refractivity contribution in [1.82, 2.24) is 24.8 Å². The van der Waals surface area contributed by atoms with E-state index in [0.29, 0.717) is 17.5 Å². The smallest absolute Gasteiger partial charge is 0.387 e. The maximum Gasteiger partial charge on any atom is 0.490 e. The standard InChI is InChI=1S/C20H35IN7O14P3/c21-9-13(29)23-7-5-3-1-2-4-6-8-24-20-27-14-17(22)25-11-26-18(14)28(20)19-16(31)15(30)12(40-19)10-39-44(35,36)42-45(37,38)41-43(32,33)34/h11-12,15-16,19,30-31H,1-10H2,(H,23,29)(H,24,27)(H,35,36)(H,37,38)(H2,22,25,26)(H2,32,33,34). The molecular formula is C20H35IN7O14P3. The van der Waals surface area contributed by atoms with Crippen LogP contribution in [0.15, 0.2) is 6.33 Å². The molecule has 1 fully saturated rings. The van der Waals surface area contributed by atoms with Gasteiger partial charge in [0.15, 0.2) is 23.2 Å².